The normalized spacial score (nSPS) is 25.7. The second kappa shape index (κ2) is 10.2. The Morgan fingerprint density at radius 1 is 1.15 bits per heavy atom. The summed E-state index contributed by atoms with van der Waals surface area (Å²) in [4.78, 5) is 21.8. The molecule has 1 unspecified atom stereocenters. The number of piperidine rings is 1. The summed E-state index contributed by atoms with van der Waals surface area (Å²) in [5.74, 6) is 1.13. The molecule has 1 saturated heterocycles. The van der Waals surface area contributed by atoms with Gasteiger partial charge in [0, 0.05) is 24.8 Å². The van der Waals surface area contributed by atoms with Crippen molar-refractivity contribution in [3.8, 4) is 0 Å². The van der Waals surface area contributed by atoms with Gasteiger partial charge in [-0.1, -0.05) is 26.0 Å². The monoisotopic (exact) mass is 567 g/mol. The zero-order chi connectivity index (χ0) is 29.1. The number of amides is 1. The fourth-order valence-electron chi connectivity index (χ4n) is 7.23. The number of anilines is 1. The number of fused-ring (bicyclic) bond motifs is 1. The number of rotatable bonds is 6. The number of aryl methyl sites for hydroxylation is 1. The maximum Gasteiger partial charge on any atom is 0.416 e. The Morgan fingerprint density at radius 2 is 1.93 bits per heavy atom. The number of aliphatic hydroxyl groups excluding tert-OH is 1. The second-order valence-electron chi connectivity index (χ2n) is 12.3. The first-order chi connectivity index (χ1) is 19.5. The molecule has 1 aliphatic carbocycles. The Balaban J connectivity index is 1.37. The van der Waals surface area contributed by atoms with Crippen LogP contribution in [-0.4, -0.2) is 50.4 Å². The predicted molar refractivity (Wildman–Crippen MR) is 148 cm³/mol. The largest absolute Gasteiger partial charge is 0.416 e. The number of benzene rings is 2. The van der Waals surface area contributed by atoms with E-state index in [9.17, 15) is 23.1 Å². The molecule has 2 fully saturated rings. The Kier molecular flexibility index (Phi) is 6.97. The molecule has 3 aromatic rings. The van der Waals surface area contributed by atoms with Crippen LogP contribution in [0, 0.1) is 11.8 Å². The number of hydrogen-bond donors (Lipinski definition) is 1. The van der Waals surface area contributed by atoms with Crippen LogP contribution in [0.25, 0.3) is 0 Å². The molecule has 2 aromatic carbocycles. The highest BCUT2D eigenvalue weighted by atomic mass is 19.4. The molecule has 0 bridgehead atoms. The predicted octanol–water partition coefficient (Wildman–Crippen LogP) is 5.48. The molecular formula is C31H36F3N5O2. The van der Waals surface area contributed by atoms with Gasteiger partial charge < -0.3 is 10.0 Å². The third-order valence-corrected chi connectivity index (χ3v) is 9.19. The molecule has 0 spiro atoms. The molecule has 0 radical (unpaired) electrons. The molecule has 1 aromatic heterocycles. The van der Waals surface area contributed by atoms with Gasteiger partial charge in [0.2, 0.25) is 0 Å². The van der Waals surface area contributed by atoms with E-state index in [2.05, 4.69) is 23.9 Å². The highest BCUT2D eigenvalue weighted by molar-refractivity contribution is 6.10. The Bertz CT molecular complexity index is 1460. The number of halogens is 3. The molecule has 1 saturated carbocycles. The Labute approximate surface area is 238 Å². The number of alkyl halides is 3. The van der Waals surface area contributed by atoms with Crippen LogP contribution in [0.4, 0.5) is 18.9 Å². The van der Waals surface area contributed by atoms with Gasteiger partial charge >= 0.3 is 6.18 Å². The van der Waals surface area contributed by atoms with Crippen LogP contribution in [-0.2, 0) is 25.2 Å². The molecule has 2 aliphatic heterocycles. The van der Waals surface area contributed by atoms with Crippen molar-refractivity contribution < 1.29 is 23.1 Å². The maximum atomic E-state index is 14.4. The van der Waals surface area contributed by atoms with E-state index in [1.807, 2.05) is 30.1 Å². The van der Waals surface area contributed by atoms with Crippen molar-refractivity contribution in [1.29, 1.82) is 0 Å². The first-order valence-electron chi connectivity index (χ1n) is 14.4. The molecule has 218 valence electrons. The van der Waals surface area contributed by atoms with Crippen molar-refractivity contribution in [2.45, 2.75) is 63.7 Å². The van der Waals surface area contributed by atoms with Crippen molar-refractivity contribution >= 4 is 11.6 Å². The number of nitrogens with zero attached hydrogens (tertiary/aromatic N) is 5. The van der Waals surface area contributed by atoms with Crippen LogP contribution < -0.4 is 4.90 Å². The highest BCUT2D eigenvalue weighted by Gasteiger charge is 2.48. The number of aromatic nitrogens is 3. The summed E-state index contributed by atoms with van der Waals surface area (Å²) in [5, 5.41) is 14.9. The summed E-state index contributed by atoms with van der Waals surface area (Å²) in [6, 6.07) is 9.64. The lowest BCUT2D eigenvalue weighted by atomic mass is 9.58. The van der Waals surface area contributed by atoms with Crippen LogP contribution in [0.1, 0.15) is 84.0 Å². The summed E-state index contributed by atoms with van der Waals surface area (Å²) in [6.07, 6.45) is 0.721. The van der Waals surface area contributed by atoms with Gasteiger partial charge in [0.1, 0.15) is 6.33 Å². The van der Waals surface area contributed by atoms with Crippen molar-refractivity contribution in [2.75, 3.05) is 24.6 Å². The van der Waals surface area contributed by atoms with Gasteiger partial charge in [-0.15, -0.1) is 0 Å². The van der Waals surface area contributed by atoms with Gasteiger partial charge in [-0.3, -0.25) is 14.4 Å². The molecule has 7 nitrogen and oxygen atoms in total. The van der Waals surface area contributed by atoms with Gasteiger partial charge in [0.25, 0.3) is 5.91 Å². The van der Waals surface area contributed by atoms with Crippen molar-refractivity contribution in [3.05, 3.63) is 76.4 Å². The Hall–Kier alpha value is -3.24. The van der Waals surface area contributed by atoms with E-state index in [0.29, 0.717) is 36.2 Å². The van der Waals surface area contributed by atoms with E-state index in [1.54, 1.807) is 23.1 Å². The lowest BCUT2D eigenvalue weighted by Crippen LogP contribution is -2.42. The fraction of sp³-hybridized carbons (Fsp3) is 0.516. The van der Waals surface area contributed by atoms with Gasteiger partial charge in [0.15, 0.2) is 5.82 Å². The van der Waals surface area contributed by atoms with E-state index < -0.39 is 29.1 Å². The molecule has 3 aliphatic rings. The van der Waals surface area contributed by atoms with Gasteiger partial charge in [0.05, 0.1) is 30.2 Å². The third-order valence-electron chi connectivity index (χ3n) is 9.19. The molecule has 41 heavy (non-hydrogen) atoms. The molecule has 10 heteroatoms. The molecule has 1 amide bonds. The number of hydrogen-bond acceptors (Lipinski definition) is 5. The van der Waals surface area contributed by atoms with Crippen LogP contribution in [0.3, 0.4) is 0 Å². The van der Waals surface area contributed by atoms with E-state index in [1.165, 1.54) is 4.90 Å². The van der Waals surface area contributed by atoms with Crippen molar-refractivity contribution in [3.63, 3.8) is 0 Å². The molecule has 1 N–H and O–H groups in total. The summed E-state index contributed by atoms with van der Waals surface area (Å²) < 4.78 is 45.0. The third kappa shape index (κ3) is 4.84. The van der Waals surface area contributed by atoms with Crippen molar-refractivity contribution in [2.24, 2.45) is 18.9 Å². The van der Waals surface area contributed by atoms with E-state index in [0.717, 1.165) is 43.1 Å². The minimum absolute atomic E-state index is 0.0151. The topological polar surface area (TPSA) is 74.5 Å². The van der Waals surface area contributed by atoms with Gasteiger partial charge in [-0.2, -0.15) is 18.3 Å². The summed E-state index contributed by atoms with van der Waals surface area (Å²) in [5.41, 5.74) is 0.691. The first kappa shape index (κ1) is 27.9. The smallest absolute Gasteiger partial charge is 0.394 e. The first-order valence-corrected chi connectivity index (χ1v) is 14.4. The second-order valence-corrected chi connectivity index (χ2v) is 12.3. The van der Waals surface area contributed by atoms with Crippen LogP contribution in [0.5, 0.6) is 0 Å². The number of likely N-dealkylation sites (tertiary alicyclic amines) is 1. The quantitative estimate of drug-likeness (QED) is 0.427. The highest BCUT2D eigenvalue weighted by Crippen LogP contribution is 2.52. The number of carbonyl (C=O) groups is 1. The van der Waals surface area contributed by atoms with Gasteiger partial charge in [-0.25, -0.2) is 4.98 Å². The molecular weight excluding hydrogens is 531 g/mol. The lowest BCUT2D eigenvalue weighted by molar-refractivity contribution is -0.138. The number of aliphatic hydroxyl groups is 1. The standard InChI is InChI=1S/C31H36F3N5O2/c1-19-6-5-9-38(15-19)27(17-40)21-10-24-25(26(11-21)31(32,33)34)16-39(28(24)41)23-8-4-7-22(12-23)30(13-20(2)14-30)29-35-18-37(3)36-29/h4,7-8,10-12,18-20,27,40H,5-6,9,13-17H2,1-3H3/t19-,20?,27?,30?/m0/s1. The Morgan fingerprint density at radius 3 is 2.56 bits per heavy atom. The summed E-state index contributed by atoms with van der Waals surface area (Å²) in [7, 11) is 1.82. The van der Waals surface area contributed by atoms with E-state index >= 15 is 0 Å². The van der Waals surface area contributed by atoms with Crippen LogP contribution in [0.2, 0.25) is 0 Å². The van der Waals surface area contributed by atoms with E-state index in [4.69, 9.17) is 0 Å². The molecule has 2 atom stereocenters. The van der Waals surface area contributed by atoms with Crippen molar-refractivity contribution in [1.82, 2.24) is 19.7 Å². The summed E-state index contributed by atoms with van der Waals surface area (Å²) in [6.45, 7) is 5.20. The van der Waals surface area contributed by atoms with Crippen LogP contribution >= 0.6 is 0 Å². The maximum absolute atomic E-state index is 14.4. The zero-order valence-corrected chi connectivity index (χ0v) is 23.7. The minimum atomic E-state index is -4.63. The fourth-order valence-corrected chi connectivity index (χ4v) is 7.23. The molecule has 6 rings (SSSR count). The van der Waals surface area contributed by atoms with Gasteiger partial charge in [-0.05, 0) is 85.0 Å². The van der Waals surface area contributed by atoms with Crippen LogP contribution in [0.15, 0.2) is 42.7 Å². The minimum Gasteiger partial charge on any atom is -0.394 e. The zero-order valence-electron chi connectivity index (χ0n) is 23.7. The average molecular weight is 568 g/mol. The number of carbonyl (C=O) groups excluding carboxylic acids is 1. The molecule has 3 heterocycles. The van der Waals surface area contributed by atoms with E-state index in [-0.39, 0.29) is 24.3 Å². The SMILES string of the molecule is CC1CC(c2cccc(N3Cc4c(cc(C(CO)N5CCC[C@H](C)C5)cc4C(F)(F)F)C3=O)c2)(c2ncn(C)n2)C1. The lowest BCUT2D eigenvalue weighted by Gasteiger charge is -2.45. The summed E-state index contributed by atoms with van der Waals surface area (Å²) >= 11 is 0. The average Bonchev–Trinajstić information content (AvgIpc) is 3.49.